The van der Waals surface area contributed by atoms with Gasteiger partial charge in [0.2, 0.25) is 5.91 Å². The molecule has 0 spiro atoms. The average molecular weight is 267 g/mol. The maximum atomic E-state index is 12.0. The van der Waals surface area contributed by atoms with Crippen LogP contribution in [0, 0.1) is 5.92 Å². The highest BCUT2D eigenvalue weighted by molar-refractivity contribution is 5.81. The number of amides is 1. The van der Waals surface area contributed by atoms with Crippen molar-refractivity contribution < 1.29 is 4.79 Å². The zero-order valence-electron chi connectivity index (χ0n) is 12.3. The summed E-state index contributed by atoms with van der Waals surface area (Å²) in [6.07, 6.45) is 7.43. The number of nitrogens with zero attached hydrogens (tertiary/aromatic N) is 1. The molecule has 2 aliphatic rings. The van der Waals surface area contributed by atoms with Gasteiger partial charge in [0.05, 0.1) is 6.04 Å². The van der Waals surface area contributed by atoms with Crippen LogP contribution in [-0.2, 0) is 4.79 Å². The number of hydrogen-bond acceptors (Lipinski definition) is 3. The Bertz CT molecular complexity index is 271. The minimum atomic E-state index is 0.0518. The maximum absolute atomic E-state index is 12.0. The number of carbonyl (C=O) groups excluding carboxylic acids is 1. The van der Waals surface area contributed by atoms with Crippen molar-refractivity contribution >= 4 is 5.91 Å². The molecule has 110 valence electrons. The Morgan fingerprint density at radius 1 is 1.26 bits per heavy atom. The van der Waals surface area contributed by atoms with Crippen LogP contribution in [0.1, 0.15) is 45.4 Å². The van der Waals surface area contributed by atoms with Gasteiger partial charge in [0.1, 0.15) is 0 Å². The lowest BCUT2D eigenvalue weighted by Gasteiger charge is -2.29. The van der Waals surface area contributed by atoms with Gasteiger partial charge in [-0.25, -0.2) is 0 Å². The monoisotopic (exact) mass is 267 g/mol. The highest BCUT2D eigenvalue weighted by atomic mass is 16.2. The van der Waals surface area contributed by atoms with E-state index in [-0.39, 0.29) is 11.9 Å². The molecule has 0 aromatic carbocycles. The minimum absolute atomic E-state index is 0.0518. The van der Waals surface area contributed by atoms with Crippen molar-refractivity contribution in [3.05, 3.63) is 0 Å². The molecule has 0 bridgehead atoms. The molecule has 1 amide bonds. The van der Waals surface area contributed by atoms with E-state index in [2.05, 4.69) is 22.5 Å². The summed E-state index contributed by atoms with van der Waals surface area (Å²) < 4.78 is 0. The molecule has 0 aromatic heterocycles. The number of carbonyl (C=O) groups is 1. The first-order valence-electron chi connectivity index (χ1n) is 7.99. The molecule has 2 rings (SSSR count). The normalized spacial score (nSPS) is 26.9. The smallest absolute Gasteiger partial charge is 0.237 e. The largest absolute Gasteiger partial charge is 0.354 e. The Morgan fingerprint density at radius 2 is 2.05 bits per heavy atom. The van der Waals surface area contributed by atoms with Gasteiger partial charge in [-0.15, -0.1) is 0 Å². The summed E-state index contributed by atoms with van der Waals surface area (Å²) in [5, 5.41) is 6.42. The van der Waals surface area contributed by atoms with Crippen LogP contribution in [0.3, 0.4) is 0 Å². The molecule has 2 heterocycles. The molecule has 2 N–H and O–H groups in total. The van der Waals surface area contributed by atoms with Crippen molar-refractivity contribution in [2.24, 2.45) is 5.92 Å². The highest BCUT2D eigenvalue weighted by Crippen LogP contribution is 2.11. The van der Waals surface area contributed by atoms with Crippen LogP contribution in [-0.4, -0.2) is 49.6 Å². The number of piperidine rings is 2. The van der Waals surface area contributed by atoms with E-state index in [0.717, 1.165) is 26.1 Å². The van der Waals surface area contributed by atoms with Crippen LogP contribution in [0.5, 0.6) is 0 Å². The molecule has 1 unspecified atom stereocenters. The Morgan fingerprint density at radius 3 is 2.74 bits per heavy atom. The van der Waals surface area contributed by atoms with E-state index in [9.17, 15) is 4.79 Å². The van der Waals surface area contributed by atoms with E-state index in [4.69, 9.17) is 0 Å². The summed E-state index contributed by atoms with van der Waals surface area (Å²) in [5.41, 5.74) is 0. The van der Waals surface area contributed by atoms with Gasteiger partial charge in [-0.2, -0.15) is 0 Å². The molecule has 19 heavy (non-hydrogen) atoms. The fraction of sp³-hybridized carbons (Fsp3) is 0.933. The van der Waals surface area contributed by atoms with Gasteiger partial charge in [-0.05, 0) is 51.2 Å². The van der Waals surface area contributed by atoms with E-state index in [1.165, 1.54) is 45.2 Å². The molecule has 2 saturated heterocycles. The van der Waals surface area contributed by atoms with Gasteiger partial charge in [0, 0.05) is 13.1 Å². The van der Waals surface area contributed by atoms with E-state index >= 15 is 0 Å². The van der Waals surface area contributed by atoms with Crippen molar-refractivity contribution in [3.63, 3.8) is 0 Å². The average Bonchev–Trinajstić information content (AvgIpc) is 2.47. The van der Waals surface area contributed by atoms with Gasteiger partial charge in [-0.3, -0.25) is 4.79 Å². The van der Waals surface area contributed by atoms with Crippen LogP contribution in [0.25, 0.3) is 0 Å². The van der Waals surface area contributed by atoms with E-state index in [0.29, 0.717) is 5.92 Å². The number of nitrogens with one attached hydrogen (secondary N) is 2. The van der Waals surface area contributed by atoms with Gasteiger partial charge < -0.3 is 15.5 Å². The second-order valence-corrected chi connectivity index (χ2v) is 6.21. The molecule has 0 aliphatic carbocycles. The molecule has 4 nitrogen and oxygen atoms in total. The van der Waals surface area contributed by atoms with Crippen molar-refractivity contribution in [2.75, 3.05) is 32.7 Å². The number of rotatable bonds is 5. The topological polar surface area (TPSA) is 44.4 Å². The Labute approximate surface area is 117 Å². The maximum Gasteiger partial charge on any atom is 0.237 e. The Balaban J connectivity index is 1.61. The molecule has 0 aromatic rings. The van der Waals surface area contributed by atoms with Crippen molar-refractivity contribution in [1.82, 2.24) is 15.5 Å². The molecule has 2 fully saturated rings. The molecule has 0 radical (unpaired) electrons. The molecule has 4 heteroatoms. The van der Waals surface area contributed by atoms with Crippen LogP contribution in [0.2, 0.25) is 0 Å². The van der Waals surface area contributed by atoms with Gasteiger partial charge in [0.15, 0.2) is 0 Å². The Kier molecular flexibility index (Phi) is 6.11. The first kappa shape index (κ1) is 14.8. The summed E-state index contributed by atoms with van der Waals surface area (Å²) in [6.45, 7) is 7.64. The zero-order chi connectivity index (χ0) is 13.5. The van der Waals surface area contributed by atoms with Gasteiger partial charge in [0.25, 0.3) is 0 Å². The first-order valence-corrected chi connectivity index (χ1v) is 7.99. The molecular formula is C15H29N3O. The molecule has 0 saturated carbocycles. The lowest BCUT2D eigenvalue weighted by Crippen LogP contribution is -2.48. The van der Waals surface area contributed by atoms with Gasteiger partial charge in [-0.1, -0.05) is 19.8 Å². The second kappa shape index (κ2) is 7.85. The second-order valence-electron chi connectivity index (χ2n) is 6.21. The van der Waals surface area contributed by atoms with Crippen LogP contribution in [0.4, 0.5) is 0 Å². The first-order chi connectivity index (χ1) is 9.25. The summed E-state index contributed by atoms with van der Waals surface area (Å²) in [5.74, 6) is 0.746. The predicted molar refractivity (Wildman–Crippen MR) is 78.1 cm³/mol. The number of likely N-dealkylation sites (tertiary alicyclic amines) is 1. The lowest BCUT2D eigenvalue weighted by atomic mass is 10.0. The third kappa shape index (κ3) is 5.11. The zero-order valence-corrected chi connectivity index (χ0v) is 12.3. The van der Waals surface area contributed by atoms with Crippen molar-refractivity contribution in [3.8, 4) is 0 Å². The van der Waals surface area contributed by atoms with Crippen LogP contribution < -0.4 is 10.6 Å². The summed E-state index contributed by atoms with van der Waals surface area (Å²) in [6, 6.07) is 0.0518. The molecule has 2 atom stereocenters. The highest BCUT2D eigenvalue weighted by Gasteiger charge is 2.21. The lowest BCUT2D eigenvalue weighted by molar-refractivity contribution is -0.123. The predicted octanol–water partition coefficient (Wildman–Crippen LogP) is 1.37. The van der Waals surface area contributed by atoms with Crippen molar-refractivity contribution in [2.45, 2.75) is 51.5 Å². The van der Waals surface area contributed by atoms with E-state index in [1.807, 2.05) is 0 Å². The quantitative estimate of drug-likeness (QED) is 0.791. The standard InChI is InChI=1S/C15H29N3O/c1-13(12-18-9-5-2-6-10-18)11-17-15(19)14-7-3-4-8-16-14/h13-14,16H,2-12H2,1H3,(H,17,19)/t13?,14-/m1/s1. The third-order valence-corrected chi connectivity index (χ3v) is 4.27. The van der Waals surface area contributed by atoms with E-state index < -0.39 is 0 Å². The van der Waals surface area contributed by atoms with Crippen molar-refractivity contribution in [1.29, 1.82) is 0 Å². The third-order valence-electron chi connectivity index (χ3n) is 4.27. The summed E-state index contributed by atoms with van der Waals surface area (Å²) >= 11 is 0. The van der Waals surface area contributed by atoms with Crippen LogP contribution >= 0.6 is 0 Å². The summed E-state index contributed by atoms with van der Waals surface area (Å²) in [7, 11) is 0. The Hall–Kier alpha value is -0.610. The molecule has 2 aliphatic heterocycles. The summed E-state index contributed by atoms with van der Waals surface area (Å²) in [4.78, 5) is 14.5. The van der Waals surface area contributed by atoms with Gasteiger partial charge >= 0.3 is 0 Å². The SMILES string of the molecule is CC(CNC(=O)[C@H]1CCCCN1)CN1CCCCC1. The fourth-order valence-electron chi connectivity index (χ4n) is 3.12. The molecular weight excluding hydrogens is 238 g/mol. The van der Waals surface area contributed by atoms with Crippen LogP contribution in [0.15, 0.2) is 0 Å². The minimum Gasteiger partial charge on any atom is -0.354 e. The van der Waals surface area contributed by atoms with E-state index in [1.54, 1.807) is 0 Å². The fourth-order valence-corrected chi connectivity index (χ4v) is 3.12. The number of hydrogen-bond donors (Lipinski definition) is 2.